The first kappa shape index (κ1) is 25.4. The molecule has 2 heterocycles. The van der Waals surface area contributed by atoms with Crippen LogP contribution in [0.15, 0.2) is 48.5 Å². The van der Waals surface area contributed by atoms with E-state index in [9.17, 15) is 23.9 Å². The van der Waals surface area contributed by atoms with E-state index in [0.29, 0.717) is 13.0 Å². The first-order valence-corrected chi connectivity index (χ1v) is 12.2. The van der Waals surface area contributed by atoms with Crippen LogP contribution >= 0.6 is 0 Å². The van der Waals surface area contributed by atoms with E-state index in [0.717, 1.165) is 24.0 Å². The molecule has 2 aliphatic heterocycles. The number of rotatable bonds is 7. The standard InChI is InChI=1S/C26H32FN5O4/c1-3-4-5-22-25(35)30(15-19-8-12-21(33)13-9-19)16-23-31(22)24(34)17-29(2)32(23)26(36)28-14-18-6-10-20(27)11-7-18/h6-13,22-23,33H,3-5,14-17H2,1-2H3,(H,28,36)/t22-,23-/m0/s1. The quantitative estimate of drug-likeness (QED) is 0.613. The summed E-state index contributed by atoms with van der Waals surface area (Å²) in [5.41, 5.74) is 1.58. The Bertz CT molecular complexity index is 1090. The van der Waals surface area contributed by atoms with Crippen molar-refractivity contribution in [1.82, 2.24) is 25.1 Å². The maximum Gasteiger partial charge on any atom is 0.334 e. The topological polar surface area (TPSA) is 96.4 Å². The molecular weight excluding hydrogens is 465 g/mol. The molecule has 2 aromatic rings. The summed E-state index contributed by atoms with van der Waals surface area (Å²) in [6.45, 7) is 2.66. The minimum absolute atomic E-state index is 0.0195. The average molecular weight is 498 g/mol. The number of hydrogen-bond acceptors (Lipinski definition) is 5. The third-order valence-electron chi connectivity index (χ3n) is 6.65. The molecule has 0 aliphatic carbocycles. The van der Waals surface area contributed by atoms with Gasteiger partial charge in [-0.05, 0) is 41.8 Å². The van der Waals surface area contributed by atoms with E-state index in [1.165, 1.54) is 17.1 Å². The fourth-order valence-corrected chi connectivity index (χ4v) is 4.80. The number of benzene rings is 2. The van der Waals surface area contributed by atoms with Gasteiger partial charge in [-0.2, -0.15) is 0 Å². The van der Waals surface area contributed by atoms with Crippen LogP contribution in [0.5, 0.6) is 5.75 Å². The zero-order valence-corrected chi connectivity index (χ0v) is 20.6. The van der Waals surface area contributed by atoms with Gasteiger partial charge in [0.15, 0.2) is 0 Å². The second-order valence-corrected chi connectivity index (χ2v) is 9.27. The molecule has 0 bridgehead atoms. The molecule has 4 rings (SSSR count). The molecule has 192 valence electrons. The number of amides is 4. The predicted octanol–water partition coefficient (Wildman–Crippen LogP) is 2.66. The molecule has 10 heteroatoms. The minimum atomic E-state index is -0.666. The lowest BCUT2D eigenvalue weighted by molar-refractivity contribution is -0.188. The molecule has 2 atom stereocenters. The van der Waals surface area contributed by atoms with Crippen molar-refractivity contribution < 1.29 is 23.9 Å². The number of carbonyl (C=O) groups excluding carboxylic acids is 3. The molecule has 2 fully saturated rings. The van der Waals surface area contributed by atoms with Gasteiger partial charge in [0, 0.05) is 20.1 Å². The number of phenolic OH excluding ortho intramolecular Hbond substituents is 1. The second kappa shape index (κ2) is 10.9. The largest absolute Gasteiger partial charge is 0.508 e. The molecule has 9 nitrogen and oxygen atoms in total. The van der Waals surface area contributed by atoms with Crippen LogP contribution in [-0.2, 0) is 22.7 Å². The summed E-state index contributed by atoms with van der Waals surface area (Å²) in [7, 11) is 1.68. The molecule has 0 radical (unpaired) electrons. The lowest BCUT2D eigenvalue weighted by atomic mass is 10.0. The minimum Gasteiger partial charge on any atom is -0.508 e. The Balaban J connectivity index is 1.58. The maximum atomic E-state index is 13.5. The number of hydrazine groups is 1. The van der Waals surface area contributed by atoms with Crippen molar-refractivity contribution in [2.45, 2.75) is 51.5 Å². The third-order valence-corrected chi connectivity index (χ3v) is 6.65. The first-order valence-electron chi connectivity index (χ1n) is 12.2. The highest BCUT2D eigenvalue weighted by molar-refractivity contribution is 5.91. The van der Waals surface area contributed by atoms with Crippen LogP contribution in [-0.4, -0.2) is 75.1 Å². The molecule has 2 aliphatic rings. The Labute approximate surface area is 210 Å². The van der Waals surface area contributed by atoms with Gasteiger partial charge in [0.25, 0.3) is 0 Å². The van der Waals surface area contributed by atoms with Crippen molar-refractivity contribution in [2.75, 3.05) is 20.1 Å². The normalized spacial score (nSPS) is 20.5. The van der Waals surface area contributed by atoms with Crippen molar-refractivity contribution in [3.63, 3.8) is 0 Å². The van der Waals surface area contributed by atoms with Gasteiger partial charge in [-0.15, -0.1) is 0 Å². The number of halogens is 1. The van der Waals surface area contributed by atoms with Crippen LogP contribution in [0.3, 0.4) is 0 Å². The van der Waals surface area contributed by atoms with Crippen LogP contribution in [0.2, 0.25) is 0 Å². The molecule has 2 N–H and O–H groups in total. The van der Waals surface area contributed by atoms with E-state index in [2.05, 4.69) is 5.32 Å². The molecule has 36 heavy (non-hydrogen) atoms. The van der Waals surface area contributed by atoms with E-state index in [1.54, 1.807) is 58.3 Å². The highest BCUT2D eigenvalue weighted by Gasteiger charge is 2.50. The zero-order chi connectivity index (χ0) is 25.8. The number of hydrogen-bond donors (Lipinski definition) is 2. The van der Waals surface area contributed by atoms with E-state index >= 15 is 0 Å². The number of piperazine rings is 1. The van der Waals surface area contributed by atoms with E-state index in [1.807, 2.05) is 6.92 Å². The molecule has 0 aromatic heterocycles. The van der Waals surface area contributed by atoms with Crippen LogP contribution in [0.4, 0.5) is 9.18 Å². The number of carbonyl (C=O) groups is 3. The van der Waals surface area contributed by atoms with Gasteiger partial charge in [-0.25, -0.2) is 19.2 Å². The molecule has 4 amide bonds. The maximum absolute atomic E-state index is 13.5. The van der Waals surface area contributed by atoms with Crippen molar-refractivity contribution in [1.29, 1.82) is 0 Å². The van der Waals surface area contributed by atoms with Crippen LogP contribution in [0.25, 0.3) is 0 Å². The number of nitrogens with one attached hydrogen (secondary N) is 1. The third kappa shape index (κ3) is 5.43. The van der Waals surface area contributed by atoms with Crippen molar-refractivity contribution in [3.8, 4) is 5.75 Å². The lowest BCUT2D eigenvalue weighted by Gasteiger charge is -2.54. The summed E-state index contributed by atoms with van der Waals surface area (Å²) in [6, 6.07) is 11.4. The number of fused-ring (bicyclic) bond motifs is 1. The molecule has 2 aromatic carbocycles. The number of unbranched alkanes of at least 4 members (excludes halogenated alkanes) is 1. The van der Waals surface area contributed by atoms with E-state index in [4.69, 9.17) is 0 Å². The van der Waals surface area contributed by atoms with Crippen LogP contribution < -0.4 is 5.32 Å². The van der Waals surface area contributed by atoms with E-state index in [-0.39, 0.29) is 43.0 Å². The fourth-order valence-electron chi connectivity index (χ4n) is 4.80. The summed E-state index contributed by atoms with van der Waals surface area (Å²) in [6.07, 6.45) is 1.49. The number of aromatic hydroxyl groups is 1. The van der Waals surface area contributed by atoms with Gasteiger partial charge in [-0.3, -0.25) is 9.59 Å². The highest BCUT2D eigenvalue weighted by atomic mass is 19.1. The van der Waals surface area contributed by atoms with Crippen LogP contribution in [0.1, 0.15) is 37.3 Å². The number of phenols is 1. The first-order chi connectivity index (χ1) is 17.3. The van der Waals surface area contributed by atoms with Crippen molar-refractivity contribution >= 4 is 17.8 Å². The molecular formula is C26H32FN5O4. The Morgan fingerprint density at radius 1 is 1.08 bits per heavy atom. The van der Waals surface area contributed by atoms with Gasteiger partial charge in [0.2, 0.25) is 11.8 Å². The molecule has 0 spiro atoms. The predicted molar refractivity (Wildman–Crippen MR) is 131 cm³/mol. The zero-order valence-electron chi connectivity index (χ0n) is 20.6. The fraction of sp³-hybridized carbons (Fsp3) is 0.423. The Kier molecular flexibility index (Phi) is 7.73. The van der Waals surface area contributed by atoms with Gasteiger partial charge >= 0.3 is 6.03 Å². The smallest absolute Gasteiger partial charge is 0.334 e. The van der Waals surface area contributed by atoms with Gasteiger partial charge in [-0.1, -0.05) is 44.0 Å². The molecule has 0 saturated carbocycles. The number of nitrogens with zero attached hydrogens (tertiary/aromatic N) is 4. The highest BCUT2D eigenvalue weighted by Crippen LogP contribution is 2.29. The van der Waals surface area contributed by atoms with Gasteiger partial charge in [0.05, 0.1) is 13.1 Å². The molecule has 0 unspecified atom stereocenters. The summed E-state index contributed by atoms with van der Waals surface area (Å²) < 4.78 is 13.2. The van der Waals surface area contributed by atoms with Crippen LogP contribution in [0, 0.1) is 5.82 Å². The number of likely N-dealkylation sites (N-methyl/N-ethyl adjacent to an activating group) is 1. The lowest BCUT2D eigenvalue weighted by Crippen LogP contribution is -2.75. The van der Waals surface area contributed by atoms with Crippen molar-refractivity contribution in [3.05, 3.63) is 65.5 Å². The Hall–Kier alpha value is -3.66. The summed E-state index contributed by atoms with van der Waals surface area (Å²) >= 11 is 0. The van der Waals surface area contributed by atoms with E-state index < -0.39 is 18.2 Å². The molecule has 2 saturated heterocycles. The summed E-state index contributed by atoms with van der Waals surface area (Å²) in [5.74, 6) is -0.547. The summed E-state index contributed by atoms with van der Waals surface area (Å²) in [4.78, 5) is 43.2. The summed E-state index contributed by atoms with van der Waals surface area (Å²) in [5, 5.41) is 15.5. The second-order valence-electron chi connectivity index (χ2n) is 9.27. The van der Waals surface area contributed by atoms with Crippen molar-refractivity contribution in [2.24, 2.45) is 0 Å². The SMILES string of the molecule is CCCC[C@H]1C(=O)N(Cc2ccc(O)cc2)C[C@H]2N1C(=O)CN(C)N2C(=O)NCc1ccc(F)cc1. The monoisotopic (exact) mass is 497 g/mol. The average Bonchev–Trinajstić information content (AvgIpc) is 2.85. The van der Waals surface area contributed by atoms with Gasteiger partial charge in [0.1, 0.15) is 23.8 Å². The Morgan fingerprint density at radius 2 is 1.75 bits per heavy atom. The number of urea groups is 1. The van der Waals surface area contributed by atoms with Gasteiger partial charge < -0.3 is 20.2 Å². The Morgan fingerprint density at radius 3 is 2.42 bits per heavy atom.